The molecule has 6 nitrogen and oxygen atoms in total. The van der Waals surface area contributed by atoms with Gasteiger partial charge in [-0.25, -0.2) is 4.79 Å². The Kier molecular flexibility index (Phi) is 4.62. The maximum absolute atomic E-state index is 12.1. The van der Waals surface area contributed by atoms with E-state index in [-0.39, 0.29) is 18.6 Å². The van der Waals surface area contributed by atoms with Gasteiger partial charge < -0.3 is 20.6 Å². The van der Waals surface area contributed by atoms with Gasteiger partial charge in [0.25, 0.3) is 5.91 Å². The quantitative estimate of drug-likeness (QED) is 0.642. The van der Waals surface area contributed by atoms with Crippen LogP contribution in [0.5, 0.6) is 5.75 Å². The number of hydrogen-bond donors (Lipinski definition) is 4. The minimum Gasteiger partial charge on any atom is -0.508 e. The molecule has 4 N–H and O–H groups in total. The van der Waals surface area contributed by atoms with Crippen molar-refractivity contribution in [2.75, 3.05) is 0 Å². The Hall–Kier alpha value is -2.60. The van der Waals surface area contributed by atoms with E-state index in [0.717, 1.165) is 0 Å². The number of amides is 1. The molecule has 0 bridgehead atoms. The number of carbonyl (C=O) groups is 2. The van der Waals surface area contributed by atoms with E-state index in [1.807, 2.05) is 0 Å². The van der Waals surface area contributed by atoms with Crippen LogP contribution in [0.15, 0.2) is 48.6 Å². The highest BCUT2D eigenvalue weighted by Crippen LogP contribution is 2.18. The molecule has 6 heteroatoms. The zero-order valence-corrected chi connectivity index (χ0v) is 11.8. The molecule has 0 aliphatic heterocycles. The van der Waals surface area contributed by atoms with Crippen LogP contribution in [0.25, 0.3) is 0 Å². The summed E-state index contributed by atoms with van der Waals surface area (Å²) >= 11 is 0. The van der Waals surface area contributed by atoms with E-state index < -0.39 is 23.5 Å². The molecular weight excluding hydrogens is 286 g/mol. The molecule has 1 aliphatic rings. The molecule has 0 saturated heterocycles. The lowest BCUT2D eigenvalue weighted by atomic mass is 9.93. The van der Waals surface area contributed by atoms with Gasteiger partial charge in [-0.1, -0.05) is 30.4 Å². The summed E-state index contributed by atoms with van der Waals surface area (Å²) in [5.41, 5.74) is -1.08. The van der Waals surface area contributed by atoms with Gasteiger partial charge in [0, 0.05) is 12.8 Å². The molecular formula is C16H17NO5. The SMILES string of the molecule is O=C(O)C(Cc1ccc(O)cc1)NC(=O)C1(O)C=CC=CC1. The fourth-order valence-corrected chi connectivity index (χ4v) is 2.13. The average molecular weight is 303 g/mol. The number of rotatable bonds is 5. The lowest BCUT2D eigenvalue weighted by Gasteiger charge is -2.26. The molecule has 1 aromatic rings. The van der Waals surface area contributed by atoms with Crippen LogP contribution in [0.2, 0.25) is 0 Å². The van der Waals surface area contributed by atoms with E-state index in [0.29, 0.717) is 5.56 Å². The topological polar surface area (TPSA) is 107 Å². The van der Waals surface area contributed by atoms with Gasteiger partial charge in [-0.15, -0.1) is 0 Å². The number of aliphatic hydroxyl groups is 1. The van der Waals surface area contributed by atoms with Gasteiger partial charge in [0.15, 0.2) is 5.60 Å². The van der Waals surface area contributed by atoms with Crippen molar-refractivity contribution in [2.45, 2.75) is 24.5 Å². The molecule has 0 heterocycles. The molecule has 0 spiro atoms. The Labute approximate surface area is 127 Å². The molecule has 1 aromatic carbocycles. The Morgan fingerprint density at radius 2 is 1.91 bits per heavy atom. The monoisotopic (exact) mass is 303 g/mol. The van der Waals surface area contributed by atoms with Crippen LogP contribution in [0.1, 0.15) is 12.0 Å². The number of carboxylic acids is 1. The van der Waals surface area contributed by atoms with Crippen molar-refractivity contribution >= 4 is 11.9 Å². The summed E-state index contributed by atoms with van der Waals surface area (Å²) in [6.07, 6.45) is 6.36. The van der Waals surface area contributed by atoms with Crippen LogP contribution in [-0.2, 0) is 16.0 Å². The van der Waals surface area contributed by atoms with Crippen LogP contribution >= 0.6 is 0 Å². The number of hydrogen-bond acceptors (Lipinski definition) is 4. The standard InChI is InChI=1S/C16H17NO5/c18-12-6-4-11(5-7-12)10-13(14(19)20)17-15(21)16(22)8-2-1-3-9-16/h1-8,13,18,22H,9-10H2,(H,17,21)(H,19,20). The smallest absolute Gasteiger partial charge is 0.326 e. The van der Waals surface area contributed by atoms with Crippen molar-refractivity contribution in [2.24, 2.45) is 0 Å². The second-order valence-corrected chi connectivity index (χ2v) is 5.15. The van der Waals surface area contributed by atoms with E-state index in [1.54, 1.807) is 30.4 Å². The van der Waals surface area contributed by atoms with Crippen molar-refractivity contribution in [3.8, 4) is 5.75 Å². The lowest BCUT2D eigenvalue weighted by molar-refractivity contribution is -0.145. The van der Waals surface area contributed by atoms with Crippen molar-refractivity contribution in [1.82, 2.24) is 5.32 Å². The van der Waals surface area contributed by atoms with Crippen LogP contribution in [0, 0.1) is 0 Å². The van der Waals surface area contributed by atoms with Crippen LogP contribution in [0.3, 0.4) is 0 Å². The Morgan fingerprint density at radius 1 is 1.23 bits per heavy atom. The third-order valence-electron chi connectivity index (χ3n) is 3.42. The Balaban J connectivity index is 2.07. The fraction of sp³-hybridized carbons (Fsp3) is 0.250. The molecule has 116 valence electrons. The van der Waals surface area contributed by atoms with Gasteiger partial charge in [0.2, 0.25) is 0 Å². The van der Waals surface area contributed by atoms with Crippen molar-refractivity contribution < 1.29 is 24.9 Å². The third-order valence-corrected chi connectivity index (χ3v) is 3.42. The predicted octanol–water partition coefficient (Wildman–Crippen LogP) is 0.751. The maximum Gasteiger partial charge on any atom is 0.326 e. The maximum atomic E-state index is 12.1. The summed E-state index contributed by atoms with van der Waals surface area (Å²) < 4.78 is 0. The highest BCUT2D eigenvalue weighted by molar-refractivity contribution is 5.91. The molecule has 1 aliphatic carbocycles. The zero-order valence-electron chi connectivity index (χ0n) is 11.8. The van der Waals surface area contributed by atoms with Gasteiger partial charge in [-0.3, -0.25) is 4.79 Å². The first-order valence-corrected chi connectivity index (χ1v) is 6.79. The van der Waals surface area contributed by atoms with Gasteiger partial charge in [0.05, 0.1) is 0 Å². The second-order valence-electron chi connectivity index (χ2n) is 5.15. The molecule has 0 aromatic heterocycles. The Morgan fingerprint density at radius 3 is 2.45 bits per heavy atom. The molecule has 2 rings (SSSR count). The summed E-state index contributed by atoms with van der Waals surface area (Å²) in [5.74, 6) is -1.87. The highest BCUT2D eigenvalue weighted by atomic mass is 16.4. The first kappa shape index (κ1) is 15.8. The molecule has 0 radical (unpaired) electrons. The number of carboxylic acid groups (broad SMARTS) is 1. The zero-order chi connectivity index (χ0) is 16.2. The number of allylic oxidation sites excluding steroid dienone is 2. The second kappa shape index (κ2) is 6.44. The predicted molar refractivity (Wildman–Crippen MR) is 79.2 cm³/mol. The summed E-state index contributed by atoms with van der Waals surface area (Å²) in [5, 5.41) is 31.0. The average Bonchev–Trinajstić information content (AvgIpc) is 2.49. The van der Waals surface area contributed by atoms with Gasteiger partial charge in [-0.2, -0.15) is 0 Å². The van der Waals surface area contributed by atoms with Crippen LogP contribution in [0.4, 0.5) is 0 Å². The minimum absolute atomic E-state index is 0.0526. The van der Waals surface area contributed by atoms with E-state index >= 15 is 0 Å². The van der Waals surface area contributed by atoms with E-state index in [2.05, 4.69) is 5.32 Å². The van der Waals surface area contributed by atoms with Gasteiger partial charge in [-0.05, 0) is 23.8 Å². The molecule has 0 fully saturated rings. The Bertz CT molecular complexity index is 620. The number of benzene rings is 1. The molecule has 22 heavy (non-hydrogen) atoms. The van der Waals surface area contributed by atoms with Crippen molar-refractivity contribution in [3.63, 3.8) is 0 Å². The summed E-state index contributed by atoms with van der Waals surface area (Å²) in [7, 11) is 0. The highest BCUT2D eigenvalue weighted by Gasteiger charge is 2.35. The molecule has 1 amide bonds. The molecule has 2 unspecified atom stereocenters. The summed E-state index contributed by atoms with van der Waals surface area (Å²) in [4.78, 5) is 23.4. The number of phenols is 1. The van der Waals surface area contributed by atoms with Crippen LogP contribution < -0.4 is 5.32 Å². The van der Waals surface area contributed by atoms with Gasteiger partial charge >= 0.3 is 5.97 Å². The number of aromatic hydroxyl groups is 1. The minimum atomic E-state index is -1.72. The summed E-state index contributed by atoms with van der Waals surface area (Å²) in [6.45, 7) is 0. The van der Waals surface area contributed by atoms with Crippen molar-refractivity contribution in [1.29, 1.82) is 0 Å². The largest absolute Gasteiger partial charge is 0.508 e. The van der Waals surface area contributed by atoms with Gasteiger partial charge in [0.1, 0.15) is 11.8 Å². The molecule has 2 atom stereocenters. The number of phenolic OH excluding ortho intramolecular Hbond substituents is 1. The van der Waals surface area contributed by atoms with E-state index in [1.165, 1.54) is 18.2 Å². The summed E-state index contributed by atoms with van der Waals surface area (Å²) in [6, 6.07) is 4.88. The first-order chi connectivity index (χ1) is 10.4. The number of aliphatic carboxylic acids is 1. The van der Waals surface area contributed by atoms with E-state index in [4.69, 9.17) is 0 Å². The normalized spacial score (nSPS) is 21.3. The molecule has 0 saturated carbocycles. The van der Waals surface area contributed by atoms with Crippen LogP contribution in [-0.4, -0.2) is 38.8 Å². The van der Waals surface area contributed by atoms with Crippen molar-refractivity contribution in [3.05, 3.63) is 54.1 Å². The fourth-order valence-electron chi connectivity index (χ4n) is 2.13. The van der Waals surface area contributed by atoms with E-state index in [9.17, 15) is 24.9 Å². The third kappa shape index (κ3) is 3.73. The lowest BCUT2D eigenvalue weighted by Crippen LogP contribution is -2.52. The number of nitrogens with one attached hydrogen (secondary N) is 1. The number of carbonyl (C=O) groups excluding carboxylic acids is 1. The first-order valence-electron chi connectivity index (χ1n) is 6.79.